The van der Waals surface area contributed by atoms with Crippen molar-refractivity contribution in [2.45, 2.75) is 11.3 Å². The molecule has 2 aromatic rings. The van der Waals surface area contributed by atoms with Crippen LogP contribution < -0.4 is 10.2 Å². The molecule has 144 valence electrons. The van der Waals surface area contributed by atoms with Gasteiger partial charge >= 0.3 is 0 Å². The van der Waals surface area contributed by atoms with E-state index in [4.69, 9.17) is 11.6 Å². The molecule has 1 heterocycles. The Morgan fingerprint density at radius 2 is 1.85 bits per heavy atom. The first-order valence-corrected chi connectivity index (χ1v) is 10.9. The number of carbonyl (C=O) groups excluding carboxylic acids is 1. The van der Waals surface area contributed by atoms with Gasteiger partial charge in [-0.2, -0.15) is 0 Å². The van der Waals surface area contributed by atoms with E-state index >= 15 is 0 Å². The van der Waals surface area contributed by atoms with E-state index in [1.165, 1.54) is 5.69 Å². The monoisotopic (exact) mass is 403 g/mol. The zero-order chi connectivity index (χ0) is 19.1. The van der Waals surface area contributed by atoms with Crippen LogP contribution in [-0.2, 0) is 0 Å². The summed E-state index contributed by atoms with van der Waals surface area (Å²) in [5, 5.41) is 3.50. The normalized spacial score (nSPS) is 15.0. The van der Waals surface area contributed by atoms with E-state index in [1.54, 1.807) is 17.8 Å². The molecule has 0 aromatic heterocycles. The summed E-state index contributed by atoms with van der Waals surface area (Å²) in [6.07, 6.45) is 2.93. The number of nitrogens with one attached hydrogen (secondary N) is 1. The second kappa shape index (κ2) is 10.0. The second-order valence-electron chi connectivity index (χ2n) is 6.62. The minimum Gasteiger partial charge on any atom is -0.369 e. The van der Waals surface area contributed by atoms with Gasteiger partial charge in [0, 0.05) is 43.3 Å². The number of halogens is 1. The third-order valence-electron chi connectivity index (χ3n) is 4.85. The van der Waals surface area contributed by atoms with E-state index in [2.05, 4.69) is 45.4 Å². The Bertz CT molecular complexity index is 748. The van der Waals surface area contributed by atoms with E-state index in [0.29, 0.717) is 17.1 Å². The van der Waals surface area contributed by atoms with Crippen molar-refractivity contribution < 1.29 is 4.79 Å². The van der Waals surface area contributed by atoms with Crippen LogP contribution in [0.1, 0.15) is 16.8 Å². The molecule has 1 fully saturated rings. The summed E-state index contributed by atoms with van der Waals surface area (Å²) in [7, 11) is 0. The Hall–Kier alpha value is -1.69. The smallest absolute Gasteiger partial charge is 0.252 e. The predicted molar refractivity (Wildman–Crippen MR) is 115 cm³/mol. The molecule has 1 aliphatic heterocycles. The summed E-state index contributed by atoms with van der Waals surface area (Å²) in [5.74, 6) is -0.0928. The number of hydrogen-bond donors (Lipinski definition) is 1. The summed E-state index contributed by atoms with van der Waals surface area (Å²) in [5.41, 5.74) is 1.86. The number of nitrogens with zero attached hydrogens (tertiary/aromatic N) is 2. The van der Waals surface area contributed by atoms with Crippen LogP contribution >= 0.6 is 23.4 Å². The topological polar surface area (TPSA) is 35.6 Å². The molecule has 27 heavy (non-hydrogen) atoms. The lowest BCUT2D eigenvalue weighted by molar-refractivity contribution is 0.0951. The average Bonchev–Trinajstić information content (AvgIpc) is 2.72. The zero-order valence-corrected chi connectivity index (χ0v) is 17.2. The van der Waals surface area contributed by atoms with E-state index in [-0.39, 0.29) is 5.91 Å². The van der Waals surface area contributed by atoms with E-state index in [1.807, 2.05) is 18.4 Å². The van der Waals surface area contributed by atoms with Gasteiger partial charge in [0.15, 0.2) is 0 Å². The number of hydrogen-bond acceptors (Lipinski definition) is 4. The molecule has 3 rings (SSSR count). The fourth-order valence-electron chi connectivity index (χ4n) is 3.27. The lowest BCUT2D eigenvalue weighted by Gasteiger charge is -2.36. The first-order chi connectivity index (χ1) is 13.2. The van der Waals surface area contributed by atoms with Crippen LogP contribution in [0.3, 0.4) is 0 Å². The molecule has 2 aromatic carbocycles. The molecule has 4 nitrogen and oxygen atoms in total. The van der Waals surface area contributed by atoms with E-state index < -0.39 is 0 Å². The van der Waals surface area contributed by atoms with Crippen molar-refractivity contribution >= 4 is 35.0 Å². The summed E-state index contributed by atoms with van der Waals surface area (Å²) in [4.78, 5) is 18.3. The molecule has 6 heteroatoms. The van der Waals surface area contributed by atoms with Crippen LogP contribution in [0, 0.1) is 0 Å². The summed E-state index contributed by atoms with van der Waals surface area (Å²) in [6.45, 7) is 5.88. The maximum atomic E-state index is 12.4. The minimum atomic E-state index is -0.0928. The number of thioether (sulfide) groups is 1. The molecule has 0 aliphatic carbocycles. The highest BCUT2D eigenvalue weighted by atomic mass is 35.5. The highest BCUT2D eigenvalue weighted by Gasteiger charge is 2.17. The van der Waals surface area contributed by atoms with E-state index in [0.717, 1.165) is 44.0 Å². The highest BCUT2D eigenvalue weighted by Crippen LogP contribution is 2.23. The number of piperazine rings is 1. The Labute approximate surface area is 170 Å². The van der Waals surface area contributed by atoms with E-state index in [9.17, 15) is 4.79 Å². The molecule has 1 aliphatic rings. The molecule has 0 radical (unpaired) electrons. The van der Waals surface area contributed by atoms with Crippen LogP contribution in [0.25, 0.3) is 0 Å². The minimum absolute atomic E-state index is 0.0928. The van der Waals surface area contributed by atoms with Crippen molar-refractivity contribution in [3.63, 3.8) is 0 Å². The van der Waals surface area contributed by atoms with Gasteiger partial charge in [0.05, 0.1) is 10.6 Å². The Morgan fingerprint density at radius 1 is 1.11 bits per heavy atom. The standard InChI is InChI=1S/C21H26ClN3OS/c1-27-18-8-9-20(22)19(16-18)21(26)23-10-5-11-24-12-14-25(15-13-24)17-6-3-2-4-7-17/h2-4,6-9,16H,5,10-15H2,1H3,(H,23,26). The predicted octanol–water partition coefficient (Wildman–Crippen LogP) is 4.00. The molecular formula is C21H26ClN3OS. The number of para-hydroxylation sites is 1. The maximum Gasteiger partial charge on any atom is 0.252 e. The molecule has 1 N–H and O–H groups in total. The van der Waals surface area contributed by atoms with Crippen molar-refractivity contribution in [1.29, 1.82) is 0 Å². The van der Waals surface area contributed by atoms with Crippen molar-refractivity contribution in [3.8, 4) is 0 Å². The SMILES string of the molecule is CSc1ccc(Cl)c(C(=O)NCCCN2CCN(c3ccccc3)CC2)c1. The fraction of sp³-hybridized carbons (Fsp3) is 0.381. The van der Waals surface area contributed by atoms with Crippen LogP contribution in [0.2, 0.25) is 5.02 Å². The molecule has 0 bridgehead atoms. The summed E-state index contributed by atoms with van der Waals surface area (Å²) in [6, 6.07) is 16.1. The van der Waals surface area contributed by atoms with Crippen molar-refractivity contribution in [1.82, 2.24) is 10.2 Å². The van der Waals surface area contributed by atoms with Gasteiger partial charge in [-0.25, -0.2) is 0 Å². The Morgan fingerprint density at radius 3 is 2.56 bits per heavy atom. The van der Waals surface area contributed by atoms with Gasteiger partial charge in [-0.3, -0.25) is 9.69 Å². The molecule has 0 unspecified atom stereocenters. The molecule has 0 saturated carbocycles. The fourth-order valence-corrected chi connectivity index (χ4v) is 3.92. The number of carbonyl (C=O) groups is 1. The van der Waals surface area contributed by atoms with Crippen LogP contribution in [0.5, 0.6) is 0 Å². The number of anilines is 1. The Balaban J connectivity index is 1.38. The first-order valence-electron chi connectivity index (χ1n) is 9.31. The van der Waals surface area contributed by atoms with Crippen molar-refractivity contribution in [3.05, 3.63) is 59.1 Å². The third-order valence-corrected chi connectivity index (χ3v) is 5.90. The highest BCUT2D eigenvalue weighted by molar-refractivity contribution is 7.98. The molecule has 0 atom stereocenters. The molecular weight excluding hydrogens is 378 g/mol. The maximum absolute atomic E-state index is 12.4. The summed E-state index contributed by atoms with van der Waals surface area (Å²) >= 11 is 7.77. The third kappa shape index (κ3) is 5.64. The van der Waals surface area contributed by atoms with Crippen LogP contribution in [0.4, 0.5) is 5.69 Å². The molecule has 1 saturated heterocycles. The van der Waals surface area contributed by atoms with Gasteiger partial charge in [0.2, 0.25) is 0 Å². The lowest BCUT2D eigenvalue weighted by atomic mass is 10.2. The number of benzene rings is 2. The van der Waals surface area contributed by atoms with Gasteiger partial charge in [-0.15, -0.1) is 11.8 Å². The van der Waals surface area contributed by atoms with Gasteiger partial charge in [0.1, 0.15) is 0 Å². The van der Waals surface area contributed by atoms with Gasteiger partial charge in [0.25, 0.3) is 5.91 Å². The van der Waals surface area contributed by atoms with Crippen LogP contribution in [-0.4, -0.2) is 56.3 Å². The van der Waals surface area contributed by atoms with Crippen molar-refractivity contribution in [2.75, 3.05) is 50.4 Å². The van der Waals surface area contributed by atoms with Gasteiger partial charge in [-0.05, 0) is 49.6 Å². The number of rotatable bonds is 7. The van der Waals surface area contributed by atoms with Gasteiger partial charge in [-0.1, -0.05) is 29.8 Å². The van der Waals surface area contributed by atoms with Crippen molar-refractivity contribution in [2.24, 2.45) is 0 Å². The quantitative estimate of drug-likeness (QED) is 0.559. The largest absolute Gasteiger partial charge is 0.369 e. The lowest BCUT2D eigenvalue weighted by Crippen LogP contribution is -2.47. The second-order valence-corrected chi connectivity index (χ2v) is 7.91. The molecule has 1 amide bonds. The Kier molecular flexibility index (Phi) is 7.44. The average molecular weight is 404 g/mol. The van der Waals surface area contributed by atoms with Gasteiger partial charge < -0.3 is 10.2 Å². The van der Waals surface area contributed by atoms with Crippen LogP contribution in [0.15, 0.2) is 53.4 Å². The summed E-state index contributed by atoms with van der Waals surface area (Å²) < 4.78 is 0. The first kappa shape index (κ1) is 20.1. The number of amides is 1. The molecule has 0 spiro atoms. The zero-order valence-electron chi connectivity index (χ0n) is 15.7.